The third-order valence-corrected chi connectivity index (χ3v) is 2.39. The molecular weight excluding hydrogens is 288 g/mol. The van der Waals surface area contributed by atoms with Gasteiger partial charge in [0.1, 0.15) is 17.4 Å². The van der Waals surface area contributed by atoms with Gasteiger partial charge in [0.15, 0.2) is 0 Å². The van der Waals surface area contributed by atoms with E-state index in [-0.39, 0.29) is 12.2 Å². The monoisotopic (exact) mass is 304 g/mol. The van der Waals surface area contributed by atoms with Crippen LogP contribution in [-0.2, 0) is 9.53 Å². The molecule has 2 amide bonds. The molecule has 0 saturated carbocycles. The van der Waals surface area contributed by atoms with Crippen molar-refractivity contribution >= 4 is 17.7 Å². The van der Waals surface area contributed by atoms with E-state index in [1.165, 1.54) is 7.11 Å². The molecular formula is C14H16N4O4. The molecule has 0 unspecified atom stereocenters. The molecule has 1 aromatic carbocycles. The van der Waals surface area contributed by atoms with Crippen LogP contribution in [0.25, 0.3) is 0 Å². The van der Waals surface area contributed by atoms with Crippen molar-refractivity contribution < 1.29 is 19.1 Å². The molecule has 0 aliphatic rings. The second-order valence-electron chi connectivity index (χ2n) is 3.81. The van der Waals surface area contributed by atoms with Gasteiger partial charge in [-0.3, -0.25) is 15.5 Å². The van der Waals surface area contributed by atoms with Crippen LogP contribution in [0.4, 0.5) is 10.5 Å². The molecule has 22 heavy (non-hydrogen) atoms. The second kappa shape index (κ2) is 8.86. The molecule has 0 atom stereocenters. The van der Waals surface area contributed by atoms with E-state index in [9.17, 15) is 9.59 Å². The Morgan fingerprint density at radius 2 is 2.09 bits per heavy atom. The van der Waals surface area contributed by atoms with Crippen molar-refractivity contribution in [2.24, 2.45) is 0 Å². The maximum atomic E-state index is 11.6. The Balaban J connectivity index is 2.64. The molecule has 0 saturated heterocycles. The molecule has 8 nitrogen and oxygen atoms in total. The van der Waals surface area contributed by atoms with E-state index < -0.39 is 12.0 Å². The lowest BCUT2D eigenvalue weighted by atomic mass is 10.3. The average Bonchev–Trinajstić information content (AvgIpc) is 2.52. The van der Waals surface area contributed by atoms with Gasteiger partial charge in [-0.2, -0.15) is 5.26 Å². The van der Waals surface area contributed by atoms with Crippen molar-refractivity contribution in [1.82, 2.24) is 10.7 Å². The van der Waals surface area contributed by atoms with Crippen molar-refractivity contribution in [3.05, 3.63) is 36.0 Å². The van der Waals surface area contributed by atoms with E-state index in [0.29, 0.717) is 11.4 Å². The van der Waals surface area contributed by atoms with E-state index in [1.807, 2.05) is 5.32 Å². The summed E-state index contributed by atoms with van der Waals surface area (Å²) in [6.45, 7) is 1.72. The summed E-state index contributed by atoms with van der Waals surface area (Å²) in [6.07, 6.45) is 0.215. The van der Waals surface area contributed by atoms with Crippen molar-refractivity contribution in [3.8, 4) is 11.8 Å². The number of hydrogen-bond donors (Lipinski definition) is 3. The summed E-state index contributed by atoms with van der Waals surface area (Å²) in [5.41, 5.74) is 5.67. The number of alkyl carbamates (subject to hydrolysis) is 1. The summed E-state index contributed by atoms with van der Waals surface area (Å²) in [5, 5.41) is 10.8. The van der Waals surface area contributed by atoms with Gasteiger partial charge in [-0.25, -0.2) is 4.79 Å². The number of para-hydroxylation sites is 2. The van der Waals surface area contributed by atoms with Crippen LogP contribution < -0.4 is 20.9 Å². The standard InChI is InChI=1S/C14H16N4O4/c1-3-22-14(20)17-13(19)10(8-15)9-16-18-11-6-4-5-7-12(11)21-2/h4-7,9,16,18H,3H2,1-2H3,(H,17,19,20). The van der Waals surface area contributed by atoms with Crippen molar-refractivity contribution in [2.45, 2.75) is 6.92 Å². The molecule has 3 N–H and O–H groups in total. The number of hydrazine groups is 1. The molecule has 1 rings (SSSR count). The number of nitrogens with zero attached hydrogens (tertiary/aromatic N) is 1. The van der Waals surface area contributed by atoms with Crippen molar-refractivity contribution in [1.29, 1.82) is 5.26 Å². The number of imide groups is 1. The highest BCUT2D eigenvalue weighted by molar-refractivity contribution is 6.04. The first-order chi connectivity index (χ1) is 10.6. The molecule has 116 valence electrons. The van der Waals surface area contributed by atoms with Crippen LogP contribution in [0.15, 0.2) is 36.0 Å². The first-order valence-corrected chi connectivity index (χ1v) is 6.35. The topological polar surface area (TPSA) is 112 Å². The zero-order valence-electron chi connectivity index (χ0n) is 12.2. The number of carbonyl (C=O) groups is 2. The van der Waals surface area contributed by atoms with Gasteiger partial charge in [-0.05, 0) is 19.1 Å². The highest BCUT2D eigenvalue weighted by Crippen LogP contribution is 2.21. The third kappa shape index (κ3) is 5.05. The number of rotatable bonds is 6. The van der Waals surface area contributed by atoms with Crippen LogP contribution in [0.5, 0.6) is 5.75 Å². The molecule has 0 bridgehead atoms. The van der Waals surface area contributed by atoms with E-state index in [4.69, 9.17) is 10.00 Å². The van der Waals surface area contributed by atoms with E-state index in [1.54, 1.807) is 37.3 Å². The molecule has 0 spiro atoms. The van der Waals surface area contributed by atoms with E-state index in [0.717, 1.165) is 6.20 Å². The molecule has 0 radical (unpaired) electrons. The highest BCUT2D eigenvalue weighted by Gasteiger charge is 2.13. The zero-order chi connectivity index (χ0) is 16.4. The first kappa shape index (κ1) is 16.8. The molecule has 0 aromatic heterocycles. The summed E-state index contributed by atoms with van der Waals surface area (Å²) in [6, 6.07) is 8.74. The molecule has 0 heterocycles. The normalized spacial score (nSPS) is 10.1. The van der Waals surface area contributed by atoms with Gasteiger partial charge in [0.2, 0.25) is 0 Å². The smallest absolute Gasteiger partial charge is 0.414 e. The maximum Gasteiger partial charge on any atom is 0.414 e. The fraction of sp³-hybridized carbons (Fsp3) is 0.214. The van der Waals surface area contributed by atoms with Gasteiger partial charge in [0.05, 0.1) is 19.4 Å². The number of ether oxygens (including phenoxy) is 2. The largest absolute Gasteiger partial charge is 0.495 e. The fourth-order valence-corrected chi connectivity index (χ4v) is 1.41. The van der Waals surface area contributed by atoms with Crippen molar-refractivity contribution in [3.63, 3.8) is 0 Å². The van der Waals surface area contributed by atoms with Crippen LogP contribution in [0.3, 0.4) is 0 Å². The van der Waals surface area contributed by atoms with E-state index >= 15 is 0 Å². The lowest BCUT2D eigenvalue weighted by molar-refractivity contribution is -0.116. The van der Waals surface area contributed by atoms with Gasteiger partial charge in [-0.15, -0.1) is 0 Å². The minimum absolute atomic E-state index is 0.123. The molecule has 0 aliphatic heterocycles. The van der Waals surface area contributed by atoms with Crippen LogP contribution >= 0.6 is 0 Å². The summed E-state index contributed by atoms with van der Waals surface area (Å²) in [7, 11) is 1.52. The lowest BCUT2D eigenvalue weighted by Gasteiger charge is -2.10. The Labute approximate surface area is 127 Å². The lowest BCUT2D eigenvalue weighted by Crippen LogP contribution is -2.32. The quantitative estimate of drug-likeness (QED) is 0.412. The molecule has 0 aliphatic carbocycles. The number of carbonyl (C=O) groups excluding carboxylic acids is 2. The summed E-state index contributed by atoms with van der Waals surface area (Å²) >= 11 is 0. The Hall–Kier alpha value is -3.21. The highest BCUT2D eigenvalue weighted by atomic mass is 16.5. The average molecular weight is 304 g/mol. The Bertz CT molecular complexity index is 607. The number of hydrogen-bond acceptors (Lipinski definition) is 7. The molecule has 1 aromatic rings. The number of nitrogens with one attached hydrogen (secondary N) is 3. The zero-order valence-corrected chi connectivity index (χ0v) is 12.2. The summed E-state index contributed by atoms with van der Waals surface area (Å²) in [4.78, 5) is 22.7. The van der Waals surface area contributed by atoms with Crippen LogP contribution in [0.1, 0.15) is 6.92 Å². The predicted octanol–water partition coefficient (Wildman–Crippen LogP) is 1.29. The van der Waals surface area contributed by atoms with Crippen LogP contribution in [-0.4, -0.2) is 25.7 Å². The Morgan fingerprint density at radius 1 is 1.36 bits per heavy atom. The van der Waals surface area contributed by atoms with Gasteiger partial charge in [-0.1, -0.05) is 12.1 Å². The van der Waals surface area contributed by atoms with Gasteiger partial charge in [0.25, 0.3) is 5.91 Å². The summed E-state index contributed by atoms with van der Waals surface area (Å²) < 4.78 is 9.68. The minimum atomic E-state index is -0.911. The number of anilines is 1. The van der Waals surface area contributed by atoms with Gasteiger partial charge < -0.3 is 14.9 Å². The van der Waals surface area contributed by atoms with Gasteiger partial charge >= 0.3 is 6.09 Å². The first-order valence-electron chi connectivity index (χ1n) is 6.35. The predicted molar refractivity (Wildman–Crippen MR) is 78.6 cm³/mol. The summed E-state index contributed by atoms with van der Waals surface area (Å²) in [5.74, 6) is -0.284. The number of methoxy groups -OCH3 is 1. The van der Waals surface area contributed by atoms with Crippen LogP contribution in [0.2, 0.25) is 0 Å². The second-order valence-corrected chi connectivity index (χ2v) is 3.81. The molecule has 8 heteroatoms. The third-order valence-electron chi connectivity index (χ3n) is 2.39. The van der Waals surface area contributed by atoms with Crippen molar-refractivity contribution in [2.75, 3.05) is 19.1 Å². The molecule has 0 fully saturated rings. The SMILES string of the molecule is CCOC(=O)NC(=O)C(C#N)=CNNc1ccccc1OC. The number of amides is 2. The van der Waals surface area contributed by atoms with Crippen LogP contribution in [0, 0.1) is 11.3 Å². The Kier molecular flexibility index (Phi) is 6.78. The minimum Gasteiger partial charge on any atom is -0.495 e. The number of benzene rings is 1. The Morgan fingerprint density at radius 3 is 2.73 bits per heavy atom. The number of nitriles is 1. The fourth-order valence-electron chi connectivity index (χ4n) is 1.41. The van der Waals surface area contributed by atoms with Gasteiger partial charge in [0, 0.05) is 6.20 Å². The van der Waals surface area contributed by atoms with E-state index in [2.05, 4.69) is 15.6 Å². The maximum absolute atomic E-state index is 11.6.